The molecule has 1 rings (SSSR count). The molecule has 0 aliphatic rings. The molecule has 0 spiro atoms. The van der Waals surface area contributed by atoms with Crippen molar-refractivity contribution in [2.24, 2.45) is 0 Å². The van der Waals surface area contributed by atoms with Crippen molar-refractivity contribution in [1.29, 1.82) is 0 Å². The molecule has 0 saturated carbocycles. The summed E-state index contributed by atoms with van der Waals surface area (Å²) in [5.74, 6) is -0.227. The standard InChI is InChI=1S/C15H20F2O4/c16-13(17)10-5-3-1-2-4-7-11-8-6-9-12(14(11)18)21-15(19)20/h6,8-9,13,18H,1-5,7,10H2,(H,19,20). The van der Waals surface area contributed by atoms with E-state index >= 15 is 0 Å². The molecule has 4 nitrogen and oxygen atoms in total. The van der Waals surface area contributed by atoms with Gasteiger partial charge in [0.1, 0.15) is 0 Å². The Hall–Kier alpha value is -1.85. The summed E-state index contributed by atoms with van der Waals surface area (Å²) in [6, 6.07) is 4.72. The molecule has 1 aromatic carbocycles. The molecule has 6 heteroatoms. The van der Waals surface area contributed by atoms with Gasteiger partial charge in [-0.15, -0.1) is 0 Å². The smallest absolute Gasteiger partial charge is 0.504 e. The molecule has 0 aliphatic heterocycles. The number of carbonyl (C=O) groups is 1. The van der Waals surface area contributed by atoms with Gasteiger partial charge < -0.3 is 14.9 Å². The van der Waals surface area contributed by atoms with E-state index in [1.807, 2.05) is 0 Å². The molecule has 0 atom stereocenters. The van der Waals surface area contributed by atoms with Crippen LogP contribution in [0.3, 0.4) is 0 Å². The summed E-state index contributed by atoms with van der Waals surface area (Å²) in [7, 11) is 0. The van der Waals surface area contributed by atoms with Crippen LogP contribution in [0.25, 0.3) is 0 Å². The van der Waals surface area contributed by atoms with Crippen molar-refractivity contribution in [1.82, 2.24) is 0 Å². The third kappa shape index (κ3) is 6.92. The van der Waals surface area contributed by atoms with Crippen molar-refractivity contribution in [3.05, 3.63) is 23.8 Å². The summed E-state index contributed by atoms with van der Waals surface area (Å²) in [5, 5.41) is 18.4. The molecule has 0 amide bonds. The number of aryl methyl sites for hydroxylation is 1. The topological polar surface area (TPSA) is 66.8 Å². The average Bonchev–Trinajstić information content (AvgIpc) is 2.40. The van der Waals surface area contributed by atoms with Crippen LogP contribution in [0.4, 0.5) is 13.6 Å². The molecule has 1 aromatic rings. The maximum atomic E-state index is 11.9. The van der Waals surface area contributed by atoms with E-state index in [0.717, 1.165) is 25.7 Å². The highest BCUT2D eigenvalue weighted by molar-refractivity contribution is 5.63. The normalized spacial score (nSPS) is 10.8. The van der Waals surface area contributed by atoms with E-state index in [1.54, 1.807) is 12.1 Å². The van der Waals surface area contributed by atoms with Gasteiger partial charge in [0.2, 0.25) is 6.43 Å². The second-order valence-corrected chi connectivity index (χ2v) is 4.83. The van der Waals surface area contributed by atoms with Gasteiger partial charge in [0.15, 0.2) is 11.5 Å². The molecule has 0 aliphatic carbocycles. The number of halogens is 2. The van der Waals surface area contributed by atoms with Crippen molar-refractivity contribution in [2.45, 2.75) is 51.4 Å². The second-order valence-electron chi connectivity index (χ2n) is 4.83. The summed E-state index contributed by atoms with van der Waals surface area (Å²) >= 11 is 0. The van der Waals surface area contributed by atoms with Crippen molar-refractivity contribution < 1.29 is 28.5 Å². The summed E-state index contributed by atoms with van der Waals surface area (Å²) < 4.78 is 28.3. The summed E-state index contributed by atoms with van der Waals surface area (Å²) in [5.41, 5.74) is 0.626. The zero-order valence-electron chi connectivity index (χ0n) is 11.7. The Labute approximate surface area is 122 Å². The SMILES string of the molecule is O=C(O)Oc1cccc(CCCCCCCC(F)F)c1O. The molecule has 0 heterocycles. The first-order valence-corrected chi connectivity index (χ1v) is 7.00. The first kappa shape index (κ1) is 17.2. The quantitative estimate of drug-likeness (QED) is 0.397. The fourth-order valence-electron chi connectivity index (χ4n) is 2.09. The summed E-state index contributed by atoms with van der Waals surface area (Å²) in [6.45, 7) is 0. The Morgan fingerprint density at radius 3 is 2.48 bits per heavy atom. The van der Waals surface area contributed by atoms with E-state index < -0.39 is 12.6 Å². The van der Waals surface area contributed by atoms with E-state index in [1.165, 1.54) is 6.07 Å². The Morgan fingerprint density at radius 2 is 1.81 bits per heavy atom. The van der Waals surface area contributed by atoms with Gasteiger partial charge in [-0.2, -0.15) is 0 Å². The van der Waals surface area contributed by atoms with Gasteiger partial charge in [0, 0.05) is 6.42 Å². The van der Waals surface area contributed by atoms with Crippen molar-refractivity contribution >= 4 is 6.16 Å². The van der Waals surface area contributed by atoms with Gasteiger partial charge in [-0.05, 0) is 30.9 Å². The fraction of sp³-hybridized carbons (Fsp3) is 0.533. The van der Waals surface area contributed by atoms with Crippen LogP contribution < -0.4 is 4.74 Å². The number of unbranched alkanes of at least 4 members (excludes halogenated alkanes) is 4. The number of hydrogen-bond donors (Lipinski definition) is 2. The maximum absolute atomic E-state index is 11.9. The van der Waals surface area contributed by atoms with Gasteiger partial charge in [0.25, 0.3) is 0 Å². The van der Waals surface area contributed by atoms with E-state index in [2.05, 4.69) is 4.74 Å². The predicted octanol–water partition coefficient (Wildman–Crippen LogP) is 4.60. The van der Waals surface area contributed by atoms with Crippen molar-refractivity contribution in [2.75, 3.05) is 0 Å². The Balaban J connectivity index is 2.30. The molecule has 0 unspecified atom stereocenters. The van der Waals surface area contributed by atoms with E-state index in [-0.39, 0.29) is 17.9 Å². The van der Waals surface area contributed by atoms with Crippen LogP contribution in [0.2, 0.25) is 0 Å². The summed E-state index contributed by atoms with van der Waals surface area (Å²) in [6.07, 6.45) is 0.723. The number of benzene rings is 1. The van der Waals surface area contributed by atoms with Crippen LogP contribution in [0.15, 0.2) is 18.2 Å². The van der Waals surface area contributed by atoms with Gasteiger partial charge in [-0.25, -0.2) is 13.6 Å². The lowest BCUT2D eigenvalue weighted by atomic mass is 10.0. The lowest BCUT2D eigenvalue weighted by Crippen LogP contribution is -2.03. The number of phenolic OH excluding ortho intramolecular Hbond substituents is 1. The van der Waals surface area contributed by atoms with Gasteiger partial charge in [-0.3, -0.25) is 0 Å². The number of phenols is 1. The second kappa shape index (κ2) is 9.15. The van der Waals surface area contributed by atoms with Crippen LogP contribution in [0.5, 0.6) is 11.5 Å². The first-order chi connectivity index (χ1) is 10.0. The lowest BCUT2D eigenvalue weighted by Gasteiger charge is -2.08. The van der Waals surface area contributed by atoms with Crippen LogP contribution in [-0.2, 0) is 6.42 Å². The highest BCUT2D eigenvalue weighted by Gasteiger charge is 2.10. The minimum Gasteiger partial charge on any atom is -0.504 e. The number of para-hydroxylation sites is 1. The highest BCUT2D eigenvalue weighted by Crippen LogP contribution is 2.31. The summed E-state index contributed by atoms with van der Waals surface area (Å²) in [4.78, 5) is 10.5. The molecule has 2 N–H and O–H groups in total. The molecule has 21 heavy (non-hydrogen) atoms. The third-order valence-corrected chi connectivity index (χ3v) is 3.15. The minimum absolute atomic E-state index is 0.0463. The maximum Gasteiger partial charge on any atom is 0.511 e. The zero-order chi connectivity index (χ0) is 15.7. The van der Waals surface area contributed by atoms with E-state index in [9.17, 15) is 18.7 Å². The first-order valence-electron chi connectivity index (χ1n) is 7.00. The Morgan fingerprint density at radius 1 is 1.14 bits per heavy atom. The largest absolute Gasteiger partial charge is 0.511 e. The predicted molar refractivity (Wildman–Crippen MR) is 74.2 cm³/mol. The molecule has 0 fully saturated rings. The Bertz CT molecular complexity index is 449. The average molecular weight is 302 g/mol. The van der Waals surface area contributed by atoms with E-state index in [4.69, 9.17) is 5.11 Å². The Kier molecular flexibility index (Phi) is 7.50. The van der Waals surface area contributed by atoms with Gasteiger partial charge >= 0.3 is 6.16 Å². The van der Waals surface area contributed by atoms with Crippen LogP contribution in [0, 0.1) is 0 Å². The number of alkyl halides is 2. The molecular formula is C15H20F2O4. The van der Waals surface area contributed by atoms with Gasteiger partial charge in [0.05, 0.1) is 0 Å². The zero-order valence-corrected chi connectivity index (χ0v) is 11.7. The number of carboxylic acid groups (broad SMARTS) is 1. The van der Waals surface area contributed by atoms with Crippen LogP contribution >= 0.6 is 0 Å². The molecule has 0 radical (unpaired) electrons. The molecular weight excluding hydrogens is 282 g/mol. The van der Waals surface area contributed by atoms with Crippen LogP contribution in [0.1, 0.15) is 44.1 Å². The highest BCUT2D eigenvalue weighted by atomic mass is 19.3. The molecule has 0 saturated heterocycles. The minimum atomic E-state index is -2.22. The monoisotopic (exact) mass is 302 g/mol. The lowest BCUT2D eigenvalue weighted by molar-refractivity contribution is 0.133. The number of hydrogen-bond acceptors (Lipinski definition) is 3. The fourth-order valence-corrected chi connectivity index (χ4v) is 2.09. The molecule has 118 valence electrons. The van der Waals surface area contributed by atoms with E-state index in [0.29, 0.717) is 18.4 Å². The molecule has 0 bridgehead atoms. The number of ether oxygens (including phenoxy) is 1. The van der Waals surface area contributed by atoms with Crippen molar-refractivity contribution in [3.8, 4) is 11.5 Å². The van der Waals surface area contributed by atoms with Crippen molar-refractivity contribution in [3.63, 3.8) is 0 Å². The van der Waals surface area contributed by atoms with Gasteiger partial charge in [-0.1, -0.05) is 31.4 Å². The third-order valence-electron chi connectivity index (χ3n) is 3.15. The number of aromatic hydroxyl groups is 1. The number of rotatable bonds is 9. The van der Waals surface area contributed by atoms with Crippen LogP contribution in [-0.4, -0.2) is 22.8 Å². The molecule has 0 aromatic heterocycles.